The Labute approximate surface area is 124 Å². The van der Waals surface area contributed by atoms with Crippen LogP contribution in [-0.4, -0.2) is 16.0 Å². The van der Waals surface area contributed by atoms with Gasteiger partial charge in [-0.3, -0.25) is 0 Å². The van der Waals surface area contributed by atoms with Crippen LogP contribution in [0.3, 0.4) is 0 Å². The molecule has 0 aliphatic heterocycles. The molecule has 20 heavy (non-hydrogen) atoms. The van der Waals surface area contributed by atoms with Gasteiger partial charge in [-0.25, -0.2) is 4.98 Å². The average molecular weight is 291 g/mol. The maximum atomic E-state index is 5.98. The summed E-state index contributed by atoms with van der Waals surface area (Å²) < 4.78 is 0. The minimum atomic E-state index is 0.343. The number of nitrogens with zero attached hydrogens (tertiary/aromatic N) is 2. The first-order valence-corrected chi connectivity index (χ1v) is 7.09. The van der Waals surface area contributed by atoms with Crippen molar-refractivity contribution in [2.45, 2.75) is 33.2 Å². The Morgan fingerprint density at radius 2 is 2.05 bits per heavy atom. The predicted molar refractivity (Wildman–Crippen MR) is 84.9 cm³/mol. The van der Waals surface area contributed by atoms with E-state index in [2.05, 4.69) is 34.4 Å². The molecular formula is C15H19ClN4. The largest absolute Gasteiger partial charge is 0.352 e. The van der Waals surface area contributed by atoms with Gasteiger partial charge in [-0.1, -0.05) is 24.6 Å². The Morgan fingerprint density at radius 1 is 1.25 bits per heavy atom. The smallest absolute Gasteiger partial charge is 0.225 e. The number of benzene rings is 1. The Kier molecular flexibility index (Phi) is 4.79. The van der Waals surface area contributed by atoms with E-state index in [1.807, 2.05) is 37.3 Å². The van der Waals surface area contributed by atoms with Crippen molar-refractivity contribution in [3.8, 4) is 0 Å². The summed E-state index contributed by atoms with van der Waals surface area (Å²) in [5.41, 5.74) is 1.82. The van der Waals surface area contributed by atoms with E-state index in [-0.39, 0.29) is 0 Å². The van der Waals surface area contributed by atoms with Crippen molar-refractivity contribution in [1.82, 2.24) is 9.97 Å². The highest BCUT2D eigenvalue weighted by Crippen LogP contribution is 2.20. The summed E-state index contributed by atoms with van der Waals surface area (Å²) in [6, 6.07) is 9.80. The third kappa shape index (κ3) is 4.10. The molecule has 2 aromatic rings. The van der Waals surface area contributed by atoms with Gasteiger partial charge in [0, 0.05) is 28.5 Å². The fourth-order valence-corrected chi connectivity index (χ4v) is 1.92. The van der Waals surface area contributed by atoms with Crippen LogP contribution in [0.15, 0.2) is 30.3 Å². The van der Waals surface area contributed by atoms with Crippen LogP contribution in [0.5, 0.6) is 0 Å². The molecule has 106 valence electrons. The quantitative estimate of drug-likeness (QED) is 0.857. The van der Waals surface area contributed by atoms with Crippen LogP contribution < -0.4 is 10.6 Å². The van der Waals surface area contributed by atoms with Crippen molar-refractivity contribution in [3.63, 3.8) is 0 Å². The Bertz CT molecular complexity index is 586. The molecule has 2 rings (SSSR count). The van der Waals surface area contributed by atoms with E-state index >= 15 is 0 Å². The molecule has 1 heterocycles. The molecule has 0 fully saturated rings. The maximum absolute atomic E-state index is 5.98. The molecule has 0 saturated heterocycles. The zero-order chi connectivity index (χ0) is 14.5. The zero-order valence-corrected chi connectivity index (χ0v) is 12.7. The lowest BCUT2D eigenvalue weighted by molar-refractivity contribution is 0.752. The standard InChI is InChI=1S/C15H19ClN4/c1-4-10(2)17-15-18-11(3)8-14(20-15)19-13-7-5-6-12(16)9-13/h5-10H,4H2,1-3H3,(H2,17,18,19,20). The van der Waals surface area contributed by atoms with Crippen LogP contribution >= 0.6 is 11.6 Å². The molecule has 4 nitrogen and oxygen atoms in total. The molecule has 0 bridgehead atoms. The molecule has 5 heteroatoms. The number of hydrogen-bond acceptors (Lipinski definition) is 4. The van der Waals surface area contributed by atoms with Crippen LogP contribution in [0.1, 0.15) is 26.0 Å². The second-order valence-electron chi connectivity index (χ2n) is 4.81. The molecule has 1 atom stereocenters. The van der Waals surface area contributed by atoms with E-state index in [0.717, 1.165) is 23.6 Å². The van der Waals surface area contributed by atoms with E-state index in [0.29, 0.717) is 17.0 Å². The summed E-state index contributed by atoms with van der Waals surface area (Å²) in [5.74, 6) is 1.40. The van der Waals surface area contributed by atoms with Gasteiger partial charge < -0.3 is 10.6 Å². The molecule has 1 aromatic heterocycles. The third-order valence-electron chi connectivity index (χ3n) is 2.94. The topological polar surface area (TPSA) is 49.8 Å². The van der Waals surface area contributed by atoms with Crippen LogP contribution in [-0.2, 0) is 0 Å². The molecule has 0 aliphatic carbocycles. The van der Waals surface area contributed by atoms with Gasteiger partial charge in [-0.05, 0) is 38.5 Å². The first-order chi connectivity index (χ1) is 9.56. The normalized spacial score (nSPS) is 12.0. The highest BCUT2D eigenvalue weighted by molar-refractivity contribution is 6.30. The number of hydrogen-bond donors (Lipinski definition) is 2. The molecule has 0 amide bonds. The number of anilines is 3. The van der Waals surface area contributed by atoms with Gasteiger partial charge in [-0.15, -0.1) is 0 Å². The molecule has 0 aliphatic rings. The van der Waals surface area contributed by atoms with E-state index in [9.17, 15) is 0 Å². The summed E-state index contributed by atoms with van der Waals surface area (Å²) in [4.78, 5) is 8.86. The monoisotopic (exact) mass is 290 g/mol. The van der Waals surface area contributed by atoms with Crippen molar-refractivity contribution in [2.75, 3.05) is 10.6 Å². The number of halogens is 1. The molecular weight excluding hydrogens is 272 g/mol. The fraction of sp³-hybridized carbons (Fsp3) is 0.333. The second-order valence-corrected chi connectivity index (χ2v) is 5.24. The second kappa shape index (κ2) is 6.57. The van der Waals surface area contributed by atoms with Crippen molar-refractivity contribution in [2.24, 2.45) is 0 Å². The van der Waals surface area contributed by atoms with E-state index in [4.69, 9.17) is 11.6 Å². The third-order valence-corrected chi connectivity index (χ3v) is 3.17. The molecule has 1 aromatic carbocycles. The lowest BCUT2D eigenvalue weighted by atomic mass is 10.3. The van der Waals surface area contributed by atoms with Crippen LogP contribution in [0, 0.1) is 6.92 Å². The lowest BCUT2D eigenvalue weighted by Crippen LogP contribution is -2.16. The van der Waals surface area contributed by atoms with Gasteiger partial charge in [0.1, 0.15) is 5.82 Å². The molecule has 0 saturated carbocycles. The summed E-state index contributed by atoms with van der Waals surface area (Å²) in [7, 11) is 0. The van der Waals surface area contributed by atoms with Gasteiger partial charge >= 0.3 is 0 Å². The van der Waals surface area contributed by atoms with Crippen molar-refractivity contribution >= 4 is 29.1 Å². The highest BCUT2D eigenvalue weighted by Gasteiger charge is 2.05. The average Bonchev–Trinajstić information content (AvgIpc) is 2.37. The van der Waals surface area contributed by atoms with Gasteiger partial charge in [0.25, 0.3) is 0 Å². The van der Waals surface area contributed by atoms with E-state index < -0.39 is 0 Å². The number of aryl methyl sites for hydroxylation is 1. The van der Waals surface area contributed by atoms with E-state index in [1.165, 1.54) is 0 Å². The van der Waals surface area contributed by atoms with Crippen molar-refractivity contribution in [1.29, 1.82) is 0 Å². The van der Waals surface area contributed by atoms with Crippen LogP contribution in [0.4, 0.5) is 17.5 Å². The molecule has 0 spiro atoms. The lowest BCUT2D eigenvalue weighted by Gasteiger charge is -2.13. The fourth-order valence-electron chi connectivity index (χ4n) is 1.73. The first-order valence-electron chi connectivity index (χ1n) is 6.71. The van der Waals surface area contributed by atoms with Gasteiger partial charge in [-0.2, -0.15) is 4.98 Å². The number of rotatable bonds is 5. The summed E-state index contributed by atoms with van der Waals surface area (Å²) in [6.07, 6.45) is 1.02. The van der Waals surface area contributed by atoms with Crippen LogP contribution in [0.2, 0.25) is 5.02 Å². The van der Waals surface area contributed by atoms with Gasteiger partial charge in [0.2, 0.25) is 5.95 Å². The predicted octanol–water partition coefficient (Wildman–Crippen LogP) is 4.39. The molecule has 1 unspecified atom stereocenters. The Morgan fingerprint density at radius 3 is 2.75 bits per heavy atom. The summed E-state index contributed by atoms with van der Waals surface area (Å²) in [6.45, 7) is 6.18. The SMILES string of the molecule is CCC(C)Nc1nc(C)cc(Nc2cccc(Cl)c2)n1. The van der Waals surface area contributed by atoms with Gasteiger partial charge in [0.15, 0.2) is 0 Å². The van der Waals surface area contributed by atoms with Crippen molar-refractivity contribution < 1.29 is 0 Å². The number of nitrogens with one attached hydrogen (secondary N) is 2. The van der Waals surface area contributed by atoms with Crippen molar-refractivity contribution in [3.05, 3.63) is 41.0 Å². The van der Waals surface area contributed by atoms with Gasteiger partial charge in [0.05, 0.1) is 0 Å². The first kappa shape index (κ1) is 14.6. The minimum Gasteiger partial charge on any atom is -0.352 e. The molecule has 0 radical (unpaired) electrons. The Hall–Kier alpha value is -1.81. The number of aromatic nitrogens is 2. The van der Waals surface area contributed by atoms with Crippen LogP contribution in [0.25, 0.3) is 0 Å². The Balaban J connectivity index is 2.19. The highest BCUT2D eigenvalue weighted by atomic mass is 35.5. The zero-order valence-electron chi connectivity index (χ0n) is 11.9. The van der Waals surface area contributed by atoms with E-state index in [1.54, 1.807) is 0 Å². The summed E-state index contributed by atoms with van der Waals surface area (Å²) >= 11 is 5.98. The maximum Gasteiger partial charge on any atom is 0.225 e. The molecule has 2 N–H and O–H groups in total. The summed E-state index contributed by atoms with van der Waals surface area (Å²) in [5, 5.41) is 7.22. The minimum absolute atomic E-state index is 0.343.